The molecule has 1 N–H and O–H groups in total. The minimum Gasteiger partial charge on any atom is -0.354 e. The second-order valence-electron chi connectivity index (χ2n) is 4.09. The van der Waals surface area contributed by atoms with Gasteiger partial charge in [-0.25, -0.2) is 0 Å². The van der Waals surface area contributed by atoms with Gasteiger partial charge >= 0.3 is 0 Å². The van der Waals surface area contributed by atoms with Crippen LogP contribution in [0.25, 0.3) is 32.9 Å². The molecule has 4 rings (SSSR count). The third-order valence-corrected chi connectivity index (χ3v) is 3.01. The summed E-state index contributed by atoms with van der Waals surface area (Å²) in [6, 6.07) is 1.55. The Kier molecular flexibility index (Phi) is 1.02. The first-order chi connectivity index (χ1) is 13.1. The number of fused-ring (bicyclic) bond motifs is 3. The van der Waals surface area contributed by atoms with Gasteiger partial charge in [0.05, 0.1) is 12.3 Å². The maximum absolute atomic E-state index is 8.29. The first-order valence-corrected chi connectivity index (χ1v) is 5.73. The van der Waals surface area contributed by atoms with Gasteiger partial charge in [0.15, 0.2) is 0 Å². The van der Waals surface area contributed by atoms with Gasteiger partial charge in [-0.1, -0.05) is 60.5 Å². The highest BCUT2D eigenvalue weighted by Gasteiger charge is 2.08. The van der Waals surface area contributed by atoms with E-state index in [1.54, 1.807) is 0 Å². The van der Waals surface area contributed by atoms with Gasteiger partial charge in [-0.2, -0.15) is 0 Å². The fourth-order valence-corrected chi connectivity index (χ4v) is 2.22. The Labute approximate surface area is 124 Å². The number of nitrogens with one attached hydrogen (secondary N) is 1. The summed E-state index contributed by atoms with van der Waals surface area (Å²) >= 11 is 0. The van der Waals surface area contributed by atoms with E-state index in [9.17, 15) is 0 Å². The van der Waals surface area contributed by atoms with Crippen LogP contribution in [0.3, 0.4) is 0 Å². The molecule has 0 aliphatic rings. The molecule has 0 saturated heterocycles. The van der Waals surface area contributed by atoms with E-state index >= 15 is 0 Å². The molecule has 0 radical (unpaired) electrons. The number of rotatable bonds is 1. The molecule has 0 saturated carbocycles. The van der Waals surface area contributed by atoms with Crippen molar-refractivity contribution in [1.82, 2.24) is 4.98 Å². The van der Waals surface area contributed by atoms with Gasteiger partial charge in [0, 0.05) is 21.8 Å². The van der Waals surface area contributed by atoms with Crippen molar-refractivity contribution in [2.24, 2.45) is 0 Å². The smallest absolute Gasteiger partial charge is 0.0645 e. The minimum atomic E-state index is -0.515. The lowest BCUT2D eigenvalue weighted by Crippen LogP contribution is -1.78. The molecule has 19 heavy (non-hydrogen) atoms. The molecule has 1 nitrogen and oxygen atoms in total. The van der Waals surface area contributed by atoms with E-state index in [1.165, 1.54) is 18.2 Å². The van der Waals surface area contributed by atoms with Gasteiger partial charge < -0.3 is 4.98 Å². The average molecular weight is 252 g/mol. The largest absolute Gasteiger partial charge is 0.354 e. The van der Waals surface area contributed by atoms with E-state index in [0.29, 0.717) is 16.4 Å². The lowest BCUT2D eigenvalue weighted by Gasteiger charge is -2.04. The van der Waals surface area contributed by atoms with Gasteiger partial charge in [-0.15, -0.1) is 0 Å². The monoisotopic (exact) mass is 252 g/mol. The third-order valence-electron chi connectivity index (χ3n) is 3.01. The first kappa shape index (κ1) is 4.86. The standard InChI is InChI=1S/C18H13N/c1-2-7-13(8-3-1)14-10-6-12-17-18(14)15-9-4-5-11-16(15)19-17/h1-12,19H/i1D,2D,3D,4D,6D,7D,8D,9D,11D. The summed E-state index contributed by atoms with van der Waals surface area (Å²) in [5.74, 6) is 0. The Hall–Kier alpha value is -2.54. The van der Waals surface area contributed by atoms with Crippen molar-refractivity contribution >= 4 is 21.8 Å². The molecule has 0 bridgehead atoms. The zero-order valence-corrected chi connectivity index (χ0v) is 9.73. The Balaban J connectivity index is 2.29. The van der Waals surface area contributed by atoms with Crippen molar-refractivity contribution < 1.29 is 12.3 Å². The highest BCUT2D eigenvalue weighted by atomic mass is 14.7. The Morgan fingerprint density at radius 3 is 2.58 bits per heavy atom. The van der Waals surface area contributed by atoms with E-state index in [2.05, 4.69) is 4.98 Å². The number of benzene rings is 3. The predicted molar refractivity (Wildman–Crippen MR) is 81.2 cm³/mol. The lowest BCUT2D eigenvalue weighted by atomic mass is 10.00. The number of hydrogen-bond acceptors (Lipinski definition) is 0. The van der Waals surface area contributed by atoms with Gasteiger partial charge in [0.1, 0.15) is 0 Å². The molecule has 0 aliphatic heterocycles. The normalized spacial score (nSPS) is 17.8. The molecule has 90 valence electrons. The molecule has 1 heterocycles. The molecule has 1 heteroatoms. The van der Waals surface area contributed by atoms with Crippen LogP contribution in [-0.2, 0) is 0 Å². The number of hydrogen-bond donors (Lipinski definition) is 1. The zero-order valence-electron chi connectivity index (χ0n) is 18.7. The maximum Gasteiger partial charge on any atom is 0.0645 e. The molecule has 1 aromatic heterocycles. The Morgan fingerprint density at radius 2 is 1.68 bits per heavy atom. The van der Waals surface area contributed by atoms with Crippen molar-refractivity contribution in [2.45, 2.75) is 0 Å². The van der Waals surface area contributed by atoms with Gasteiger partial charge in [0.2, 0.25) is 0 Å². The molecular formula is C18H13N. The number of para-hydroxylation sites is 1. The van der Waals surface area contributed by atoms with Crippen LogP contribution in [0.5, 0.6) is 0 Å². The first-order valence-electron chi connectivity index (χ1n) is 10.2. The van der Waals surface area contributed by atoms with Crippen LogP contribution in [0.2, 0.25) is 0 Å². The fraction of sp³-hybridized carbons (Fsp3) is 0. The van der Waals surface area contributed by atoms with Crippen LogP contribution < -0.4 is 0 Å². The molecule has 0 atom stereocenters. The topological polar surface area (TPSA) is 15.8 Å². The molecule has 0 amide bonds. The fourth-order valence-electron chi connectivity index (χ4n) is 2.22. The van der Waals surface area contributed by atoms with Gasteiger partial charge in [-0.05, 0) is 23.2 Å². The van der Waals surface area contributed by atoms with Crippen LogP contribution in [-0.4, -0.2) is 4.98 Å². The minimum absolute atomic E-state index is 0.00532. The van der Waals surface area contributed by atoms with E-state index in [0.717, 1.165) is 0 Å². The lowest BCUT2D eigenvalue weighted by molar-refractivity contribution is 1.54. The van der Waals surface area contributed by atoms with Crippen LogP contribution >= 0.6 is 0 Å². The predicted octanol–water partition coefficient (Wildman–Crippen LogP) is 4.99. The number of aromatic nitrogens is 1. The van der Waals surface area contributed by atoms with Crippen molar-refractivity contribution in [3.8, 4) is 11.1 Å². The summed E-state index contributed by atoms with van der Waals surface area (Å²) in [6.45, 7) is 0. The van der Waals surface area contributed by atoms with Crippen LogP contribution in [0.15, 0.2) is 72.6 Å². The highest BCUT2D eigenvalue weighted by Crippen LogP contribution is 2.34. The SMILES string of the molecule is [2H]c1cc(-c2c([2H])c([2H])c([2H])c([2H])c2[2H])c2c(c1)[nH]c1c([2H])cc([2H])c([2H])c12. The summed E-state index contributed by atoms with van der Waals surface area (Å²) < 4.78 is 72.5. The summed E-state index contributed by atoms with van der Waals surface area (Å²) in [6.07, 6.45) is 0. The molecule has 0 unspecified atom stereocenters. The summed E-state index contributed by atoms with van der Waals surface area (Å²) in [5, 5.41) is 0.617. The summed E-state index contributed by atoms with van der Waals surface area (Å²) in [5.41, 5.74) is 0.823. The molecular weight excluding hydrogens is 230 g/mol. The van der Waals surface area contributed by atoms with Gasteiger partial charge in [0.25, 0.3) is 0 Å². The Bertz CT molecular complexity index is 1280. The number of aromatic amines is 1. The third kappa shape index (κ3) is 1.55. The molecule has 0 fully saturated rings. The van der Waals surface area contributed by atoms with E-state index < -0.39 is 30.2 Å². The number of H-pyrrole nitrogens is 1. The van der Waals surface area contributed by atoms with Crippen LogP contribution in [0.1, 0.15) is 12.3 Å². The van der Waals surface area contributed by atoms with Crippen molar-refractivity contribution in [3.05, 3.63) is 72.6 Å². The van der Waals surface area contributed by atoms with Gasteiger partial charge in [-0.3, -0.25) is 0 Å². The second kappa shape index (κ2) is 3.99. The van der Waals surface area contributed by atoms with E-state index in [-0.39, 0.29) is 40.7 Å². The van der Waals surface area contributed by atoms with Crippen molar-refractivity contribution in [2.75, 3.05) is 0 Å². The summed E-state index contributed by atoms with van der Waals surface area (Å²) in [7, 11) is 0. The molecule has 3 aromatic carbocycles. The van der Waals surface area contributed by atoms with E-state index in [1.807, 2.05) is 0 Å². The zero-order chi connectivity index (χ0) is 20.5. The maximum atomic E-state index is 8.29. The highest BCUT2D eigenvalue weighted by molar-refractivity contribution is 6.14. The van der Waals surface area contributed by atoms with Crippen molar-refractivity contribution in [1.29, 1.82) is 0 Å². The quantitative estimate of drug-likeness (QED) is 0.491. The van der Waals surface area contributed by atoms with Crippen molar-refractivity contribution in [3.63, 3.8) is 0 Å². The second-order valence-corrected chi connectivity index (χ2v) is 4.09. The Morgan fingerprint density at radius 1 is 0.789 bits per heavy atom. The average Bonchev–Trinajstić information content (AvgIpc) is 3.03. The molecule has 0 aliphatic carbocycles. The summed E-state index contributed by atoms with van der Waals surface area (Å²) in [4.78, 5) is 2.98. The molecule has 0 spiro atoms. The van der Waals surface area contributed by atoms with E-state index in [4.69, 9.17) is 12.3 Å². The van der Waals surface area contributed by atoms with Crippen LogP contribution in [0, 0.1) is 0 Å². The molecule has 4 aromatic rings. The van der Waals surface area contributed by atoms with Crippen LogP contribution in [0.4, 0.5) is 0 Å².